The van der Waals surface area contributed by atoms with Gasteiger partial charge in [-0.25, -0.2) is 4.98 Å². The largest absolute Gasteiger partial charge is 0.504 e. The highest BCUT2D eigenvalue weighted by atomic mass is 35.5. The zero-order valence-corrected chi connectivity index (χ0v) is 15.8. The van der Waals surface area contributed by atoms with Crippen LogP contribution in [0.2, 0.25) is 5.02 Å². The number of hydrogen-bond acceptors (Lipinski definition) is 6. The highest BCUT2D eigenvalue weighted by molar-refractivity contribution is 6.30. The van der Waals surface area contributed by atoms with Crippen LogP contribution < -0.4 is 14.8 Å². The van der Waals surface area contributed by atoms with Crippen molar-refractivity contribution in [1.82, 2.24) is 9.38 Å². The lowest BCUT2D eigenvalue weighted by molar-refractivity contribution is 0.171. The van der Waals surface area contributed by atoms with Gasteiger partial charge in [-0.2, -0.15) is 0 Å². The van der Waals surface area contributed by atoms with E-state index in [1.165, 1.54) is 12.1 Å². The highest BCUT2D eigenvalue weighted by Crippen LogP contribution is 2.38. The Morgan fingerprint density at radius 3 is 2.59 bits per heavy atom. The second-order valence-electron chi connectivity index (χ2n) is 6.57. The van der Waals surface area contributed by atoms with Crippen LogP contribution in [-0.4, -0.2) is 32.8 Å². The summed E-state index contributed by atoms with van der Waals surface area (Å²) in [5, 5.41) is 23.5. The number of fused-ring (bicyclic) bond motifs is 2. The van der Waals surface area contributed by atoms with E-state index in [-0.39, 0.29) is 11.5 Å². The molecule has 2 aromatic carbocycles. The van der Waals surface area contributed by atoms with Crippen molar-refractivity contribution in [3.8, 4) is 34.3 Å². The first-order valence-electron chi connectivity index (χ1n) is 8.95. The third-order valence-electron chi connectivity index (χ3n) is 4.64. The number of pyridine rings is 1. The lowest BCUT2D eigenvalue weighted by atomic mass is 10.1. The zero-order chi connectivity index (χ0) is 20.0. The normalized spacial score (nSPS) is 12.9. The Morgan fingerprint density at radius 1 is 0.931 bits per heavy atom. The number of anilines is 2. The van der Waals surface area contributed by atoms with Crippen molar-refractivity contribution < 1.29 is 19.7 Å². The van der Waals surface area contributed by atoms with Crippen LogP contribution in [0, 0.1) is 0 Å². The fraction of sp³-hybridized carbons (Fsp3) is 0.0952. The van der Waals surface area contributed by atoms with Crippen LogP contribution in [0.5, 0.6) is 23.0 Å². The van der Waals surface area contributed by atoms with Gasteiger partial charge >= 0.3 is 0 Å². The lowest BCUT2D eigenvalue weighted by Crippen LogP contribution is -2.15. The molecule has 1 aliphatic rings. The number of aromatic nitrogens is 2. The molecular weight excluding hydrogens is 394 g/mol. The van der Waals surface area contributed by atoms with E-state index in [0.717, 1.165) is 5.69 Å². The number of rotatable bonds is 3. The van der Waals surface area contributed by atoms with Gasteiger partial charge in [-0.3, -0.25) is 4.40 Å². The molecule has 0 unspecified atom stereocenters. The maximum atomic E-state index is 9.94. The second kappa shape index (κ2) is 6.79. The fourth-order valence-corrected chi connectivity index (χ4v) is 3.43. The molecule has 0 aliphatic carbocycles. The van der Waals surface area contributed by atoms with Gasteiger partial charge in [0.25, 0.3) is 0 Å². The van der Waals surface area contributed by atoms with Crippen molar-refractivity contribution in [2.75, 3.05) is 18.5 Å². The standard InChI is InChI=1S/C21H16ClN3O4/c22-13-2-6-19-24-20(12-1-4-15(26)16(27)9-12)21(25(19)11-13)23-14-3-5-17-18(10-14)29-8-7-28-17/h1-6,9-11,23,26-27H,7-8H2. The second-order valence-corrected chi connectivity index (χ2v) is 7.01. The number of phenolic OH excluding ortho intramolecular Hbond substituents is 2. The number of aromatic hydroxyl groups is 2. The molecule has 8 heteroatoms. The van der Waals surface area contributed by atoms with Gasteiger partial charge < -0.3 is 25.0 Å². The SMILES string of the molecule is Oc1ccc(-c2nc3ccc(Cl)cn3c2Nc2ccc3c(c2)OCCO3)cc1O. The van der Waals surface area contributed by atoms with E-state index in [2.05, 4.69) is 10.3 Å². The lowest BCUT2D eigenvalue weighted by Gasteiger charge is -2.19. The molecule has 0 saturated heterocycles. The molecule has 0 atom stereocenters. The Kier molecular flexibility index (Phi) is 4.10. The number of ether oxygens (including phenoxy) is 2. The smallest absolute Gasteiger partial charge is 0.163 e. The summed E-state index contributed by atoms with van der Waals surface area (Å²) < 4.78 is 13.1. The van der Waals surface area contributed by atoms with Crippen LogP contribution in [0.15, 0.2) is 54.7 Å². The maximum absolute atomic E-state index is 9.94. The fourth-order valence-electron chi connectivity index (χ4n) is 3.27. The molecule has 0 saturated carbocycles. The van der Waals surface area contributed by atoms with Crippen molar-refractivity contribution in [2.24, 2.45) is 0 Å². The molecule has 3 heterocycles. The number of halogens is 1. The first-order valence-corrected chi connectivity index (χ1v) is 9.33. The van der Waals surface area contributed by atoms with Crippen LogP contribution in [0.1, 0.15) is 0 Å². The van der Waals surface area contributed by atoms with Gasteiger partial charge in [-0.15, -0.1) is 0 Å². The minimum Gasteiger partial charge on any atom is -0.504 e. The topological polar surface area (TPSA) is 88.3 Å². The molecule has 7 nitrogen and oxygen atoms in total. The summed E-state index contributed by atoms with van der Waals surface area (Å²) in [6.45, 7) is 1.03. The molecule has 1 aliphatic heterocycles. The molecule has 4 aromatic rings. The average molecular weight is 410 g/mol. The summed E-state index contributed by atoms with van der Waals surface area (Å²) in [5.41, 5.74) is 2.69. The van der Waals surface area contributed by atoms with E-state index >= 15 is 0 Å². The molecule has 3 N–H and O–H groups in total. The van der Waals surface area contributed by atoms with Crippen LogP contribution in [0.4, 0.5) is 11.5 Å². The van der Waals surface area contributed by atoms with Crippen molar-refractivity contribution in [3.63, 3.8) is 0 Å². The molecule has 5 rings (SSSR count). The van der Waals surface area contributed by atoms with Gasteiger partial charge in [0.1, 0.15) is 30.4 Å². The first-order chi connectivity index (χ1) is 14.1. The molecule has 146 valence electrons. The Balaban J connectivity index is 1.65. The van der Waals surface area contributed by atoms with Gasteiger partial charge in [0.05, 0.1) is 5.02 Å². The predicted molar refractivity (Wildman–Crippen MR) is 110 cm³/mol. The van der Waals surface area contributed by atoms with E-state index in [4.69, 9.17) is 21.1 Å². The van der Waals surface area contributed by atoms with Gasteiger partial charge in [0.2, 0.25) is 0 Å². The Labute approximate surface area is 170 Å². The van der Waals surface area contributed by atoms with Crippen molar-refractivity contribution in [3.05, 3.63) is 59.8 Å². The van der Waals surface area contributed by atoms with Crippen LogP contribution in [-0.2, 0) is 0 Å². The molecule has 2 aromatic heterocycles. The van der Waals surface area contributed by atoms with E-state index < -0.39 is 0 Å². The molecule has 0 spiro atoms. The molecule has 0 radical (unpaired) electrons. The summed E-state index contributed by atoms with van der Waals surface area (Å²) in [7, 11) is 0. The number of imidazole rings is 1. The number of nitrogens with zero attached hydrogens (tertiary/aromatic N) is 2. The Bertz CT molecular complexity index is 1240. The molecule has 0 fully saturated rings. The maximum Gasteiger partial charge on any atom is 0.163 e. The number of phenols is 2. The van der Waals surface area contributed by atoms with Crippen LogP contribution >= 0.6 is 11.6 Å². The van der Waals surface area contributed by atoms with Gasteiger partial charge in [0.15, 0.2) is 23.0 Å². The number of nitrogens with one attached hydrogen (secondary N) is 1. The van der Waals surface area contributed by atoms with Crippen LogP contribution in [0.25, 0.3) is 16.9 Å². The number of hydrogen-bond donors (Lipinski definition) is 3. The third-order valence-corrected chi connectivity index (χ3v) is 4.86. The van der Waals surface area contributed by atoms with Crippen LogP contribution in [0.3, 0.4) is 0 Å². The summed E-state index contributed by atoms with van der Waals surface area (Å²) in [4.78, 5) is 4.67. The van der Waals surface area contributed by atoms with Crippen molar-refractivity contribution >= 4 is 28.8 Å². The summed E-state index contributed by atoms with van der Waals surface area (Å²) in [5.74, 6) is 1.61. The average Bonchev–Trinajstić information content (AvgIpc) is 3.07. The monoisotopic (exact) mass is 409 g/mol. The third kappa shape index (κ3) is 3.15. The van der Waals surface area contributed by atoms with E-state index in [0.29, 0.717) is 52.5 Å². The van der Waals surface area contributed by atoms with E-state index in [1.807, 2.05) is 22.6 Å². The van der Waals surface area contributed by atoms with Crippen molar-refractivity contribution in [2.45, 2.75) is 0 Å². The quantitative estimate of drug-likeness (QED) is 0.429. The Hall–Kier alpha value is -3.58. The predicted octanol–water partition coefficient (Wildman–Crippen LogP) is 4.58. The highest BCUT2D eigenvalue weighted by Gasteiger charge is 2.18. The molecule has 0 bridgehead atoms. The molecule has 29 heavy (non-hydrogen) atoms. The van der Waals surface area contributed by atoms with Gasteiger partial charge in [0, 0.05) is 23.5 Å². The summed E-state index contributed by atoms with van der Waals surface area (Å²) >= 11 is 6.20. The van der Waals surface area contributed by atoms with Gasteiger partial charge in [-0.1, -0.05) is 11.6 Å². The zero-order valence-electron chi connectivity index (χ0n) is 15.1. The minimum absolute atomic E-state index is 0.193. The van der Waals surface area contributed by atoms with E-state index in [1.54, 1.807) is 24.4 Å². The van der Waals surface area contributed by atoms with Crippen molar-refractivity contribution in [1.29, 1.82) is 0 Å². The molecular formula is C21H16ClN3O4. The molecule has 0 amide bonds. The summed E-state index contributed by atoms with van der Waals surface area (Å²) in [6, 6.07) is 13.7. The van der Waals surface area contributed by atoms with Gasteiger partial charge in [-0.05, 0) is 42.5 Å². The Morgan fingerprint density at radius 2 is 1.76 bits per heavy atom. The first kappa shape index (κ1) is 17.5. The number of benzene rings is 2. The van der Waals surface area contributed by atoms with E-state index in [9.17, 15) is 10.2 Å². The minimum atomic E-state index is -0.220. The summed E-state index contributed by atoms with van der Waals surface area (Å²) in [6.07, 6.45) is 1.76.